The molecule has 9 heavy (non-hydrogen) atoms. The molecule has 0 heterocycles. The van der Waals surface area contributed by atoms with Crippen LogP contribution >= 0.6 is 0 Å². The minimum absolute atomic E-state index is 0.185. The standard InChI is InChI=1S/C7H12NO/c1-5-6(9)8-7(2,3)4/h5H,1-2H2,3-4H3,(H,8,9). The summed E-state index contributed by atoms with van der Waals surface area (Å²) in [5, 5.41) is 2.60. The van der Waals surface area contributed by atoms with Crippen molar-refractivity contribution in [1.82, 2.24) is 5.32 Å². The molecule has 0 atom stereocenters. The first-order valence-corrected chi connectivity index (χ1v) is 2.75. The van der Waals surface area contributed by atoms with Gasteiger partial charge in [-0.2, -0.15) is 0 Å². The van der Waals surface area contributed by atoms with Crippen LogP contribution in [0.2, 0.25) is 0 Å². The fourth-order valence-electron chi connectivity index (χ4n) is 0.385. The fourth-order valence-corrected chi connectivity index (χ4v) is 0.385. The molecule has 0 saturated carbocycles. The van der Waals surface area contributed by atoms with Crippen molar-refractivity contribution in [2.45, 2.75) is 19.4 Å². The second-order valence-electron chi connectivity index (χ2n) is 2.58. The third kappa shape index (κ3) is 5.07. The van der Waals surface area contributed by atoms with E-state index in [0.717, 1.165) is 0 Å². The van der Waals surface area contributed by atoms with E-state index < -0.39 is 5.54 Å². The van der Waals surface area contributed by atoms with Crippen molar-refractivity contribution < 1.29 is 4.79 Å². The third-order valence-electron chi connectivity index (χ3n) is 0.647. The van der Waals surface area contributed by atoms with E-state index in [0.29, 0.717) is 0 Å². The highest BCUT2D eigenvalue weighted by atomic mass is 16.1. The third-order valence-corrected chi connectivity index (χ3v) is 0.647. The normalized spacial score (nSPS) is 10.6. The Balaban J connectivity index is 3.74. The molecular weight excluding hydrogens is 114 g/mol. The maximum absolute atomic E-state index is 10.6. The minimum Gasteiger partial charge on any atom is -0.348 e. The van der Waals surface area contributed by atoms with Crippen LogP contribution in [0.3, 0.4) is 0 Å². The lowest BCUT2D eigenvalue weighted by atomic mass is 10.1. The number of hydrogen-bond acceptors (Lipinski definition) is 1. The van der Waals surface area contributed by atoms with E-state index in [1.54, 1.807) is 0 Å². The molecule has 0 bridgehead atoms. The number of nitrogens with one attached hydrogen (secondary N) is 1. The Labute approximate surface area is 56.0 Å². The molecule has 51 valence electrons. The summed E-state index contributed by atoms with van der Waals surface area (Å²) in [6.45, 7) is 10.6. The Hall–Kier alpha value is -0.790. The molecule has 0 aliphatic heterocycles. The molecule has 2 nitrogen and oxygen atoms in total. The lowest BCUT2D eigenvalue weighted by molar-refractivity contribution is -0.117. The van der Waals surface area contributed by atoms with Gasteiger partial charge in [-0.15, -0.1) is 0 Å². The highest BCUT2D eigenvalue weighted by molar-refractivity contribution is 5.87. The maximum atomic E-state index is 10.6. The molecule has 2 heteroatoms. The largest absolute Gasteiger partial charge is 0.348 e. The molecule has 1 radical (unpaired) electrons. The van der Waals surface area contributed by atoms with Gasteiger partial charge in [-0.05, 0) is 26.8 Å². The number of amides is 1. The van der Waals surface area contributed by atoms with Gasteiger partial charge in [-0.25, -0.2) is 0 Å². The molecule has 0 aromatic rings. The van der Waals surface area contributed by atoms with Crippen molar-refractivity contribution in [2.75, 3.05) is 0 Å². The predicted molar refractivity (Wildman–Crippen MR) is 37.8 cm³/mol. The summed E-state index contributed by atoms with van der Waals surface area (Å²) < 4.78 is 0. The minimum atomic E-state index is -0.398. The number of hydrogen-bond donors (Lipinski definition) is 1. The lowest BCUT2D eigenvalue weighted by Crippen LogP contribution is -2.39. The average Bonchev–Trinajstić information content (AvgIpc) is 1.62. The van der Waals surface area contributed by atoms with Crippen LogP contribution in [0.5, 0.6) is 0 Å². The molecule has 0 rings (SSSR count). The molecule has 0 aromatic carbocycles. The first-order chi connectivity index (χ1) is 3.95. The SMILES string of the molecule is [CH2]C(C)(C)NC(=O)C=C. The summed E-state index contributed by atoms with van der Waals surface area (Å²) >= 11 is 0. The smallest absolute Gasteiger partial charge is 0.243 e. The van der Waals surface area contributed by atoms with Crippen LogP contribution in [-0.4, -0.2) is 11.4 Å². The van der Waals surface area contributed by atoms with Crippen molar-refractivity contribution >= 4 is 5.91 Å². The Morgan fingerprint density at radius 1 is 1.67 bits per heavy atom. The van der Waals surface area contributed by atoms with Crippen molar-refractivity contribution in [2.24, 2.45) is 0 Å². The van der Waals surface area contributed by atoms with E-state index in [-0.39, 0.29) is 5.91 Å². The second-order valence-corrected chi connectivity index (χ2v) is 2.58. The highest BCUT2D eigenvalue weighted by Crippen LogP contribution is 1.96. The van der Waals surface area contributed by atoms with Crippen molar-refractivity contribution in [1.29, 1.82) is 0 Å². The van der Waals surface area contributed by atoms with Crippen LogP contribution in [0.4, 0.5) is 0 Å². The van der Waals surface area contributed by atoms with Crippen molar-refractivity contribution in [3.63, 3.8) is 0 Å². The van der Waals surface area contributed by atoms with E-state index in [1.165, 1.54) is 6.08 Å². The Kier molecular flexibility index (Phi) is 2.43. The number of carbonyl (C=O) groups is 1. The summed E-state index contributed by atoms with van der Waals surface area (Å²) in [5.41, 5.74) is -0.398. The van der Waals surface area contributed by atoms with E-state index in [2.05, 4.69) is 18.8 Å². The molecule has 0 fully saturated rings. The van der Waals surface area contributed by atoms with Crippen LogP contribution in [0.1, 0.15) is 13.8 Å². The van der Waals surface area contributed by atoms with Gasteiger partial charge in [-0.3, -0.25) is 4.79 Å². The van der Waals surface area contributed by atoms with Crippen LogP contribution in [-0.2, 0) is 4.79 Å². The predicted octanol–water partition coefficient (Wildman–Crippen LogP) is 0.901. The summed E-state index contributed by atoms with van der Waals surface area (Å²) in [6, 6.07) is 0. The molecular formula is C7H12NO. The van der Waals surface area contributed by atoms with Gasteiger partial charge >= 0.3 is 0 Å². The first kappa shape index (κ1) is 8.21. The summed E-state index contributed by atoms with van der Waals surface area (Å²) in [7, 11) is 0. The Bertz CT molecular complexity index is 121. The molecule has 0 saturated heterocycles. The molecule has 1 N–H and O–H groups in total. The number of carbonyl (C=O) groups excluding carboxylic acids is 1. The molecule has 0 spiro atoms. The van der Waals surface area contributed by atoms with Gasteiger partial charge in [-0.1, -0.05) is 6.58 Å². The number of rotatable bonds is 2. The quantitative estimate of drug-likeness (QED) is 0.547. The zero-order chi connectivity index (χ0) is 7.49. The van der Waals surface area contributed by atoms with Crippen molar-refractivity contribution in [3.05, 3.63) is 19.6 Å². The van der Waals surface area contributed by atoms with Crippen molar-refractivity contribution in [3.8, 4) is 0 Å². The molecule has 0 aromatic heterocycles. The molecule has 0 aliphatic rings. The molecule has 0 aliphatic carbocycles. The monoisotopic (exact) mass is 126 g/mol. The maximum Gasteiger partial charge on any atom is 0.243 e. The Morgan fingerprint density at radius 2 is 2.11 bits per heavy atom. The zero-order valence-corrected chi connectivity index (χ0v) is 5.90. The molecule has 1 amide bonds. The lowest BCUT2D eigenvalue weighted by Gasteiger charge is -2.18. The van der Waals surface area contributed by atoms with Crippen LogP contribution in [0.25, 0.3) is 0 Å². The first-order valence-electron chi connectivity index (χ1n) is 2.75. The highest BCUT2D eigenvalue weighted by Gasteiger charge is 2.10. The zero-order valence-electron chi connectivity index (χ0n) is 5.90. The summed E-state index contributed by atoms with van der Waals surface area (Å²) in [6.07, 6.45) is 1.23. The van der Waals surface area contributed by atoms with E-state index in [4.69, 9.17) is 0 Å². The Morgan fingerprint density at radius 3 is 2.22 bits per heavy atom. The van der Waals surface area contributed by atoms with Gasteiger partial charge in [0.2, 0.25) is 5.91 Å². The van der Waals surface area contributed by atoms with Gasteiger partial charge in [0.25, 0.3) is 0 Å². The summed E-state index contributed by atoms with van der Waals surface area (Å²) in [4.78, 5) is 10.6. The van der Waals surface area contributed by atoms with E-state index in [1.807, 2.05) is 13.8 Å². The van der Waals surface area contributed by atoms with Gasteiger partial charge < -0.3 is 5.32 Å². The fraction of sp³-hybridized carbons (Fsp3) is 0.429. The van der Waals surface area contributed by atoms with Gasteiger partial charge in [0.05, 0.1) is 0 Å². The average molecular weight is 126 g/mol. The summed E-state index contributed by atoms with van der Waals surface area (Å²) in [5.74, 6) is -0.185. The van der Waals surface area contributed by atoms with E-state index >= 15 is 0 Å². The topological polar surface area (TPSA) is 29.1 Å². The van der Waals surface area contributed by atoms with E-state index in [9.17, 15) is 4.79 Å². The second kappa shape index (κ2) is 2.67. The van der Waals surface area contributed by atoms with Gasteiger partial charge in [0, 0.05) is 5.54 Å². The van der Waals surface area contributed by atoms with Gasteiger partial charge in [0.1, 0.15) is 0 Å². The molecule has 0 unspecified atom stereocenters. The van der Waals surface area contributed by atoms with Crippen LogP contribution in [0.15, 0.2) is 12.7 Å². The van der Waals surface area contributed by atoms with Crippen LogP contribution < -0.4 is 5.32 Å². The van der Waals surface area contributed by atoms with Crippen LogP contribution in [0, 0.1) is 6.92 Å². The van der Waals surface area contributed by atoms with Gasteiger partial charge in [0.15, 0.2) is 0 Å².